The van der Waals surface area contributed by atoms with Crippen LogP contribution in [0.2, 0.25) is 0 Å². The van der Waals surface area contributed by atoms with Crippen LogP contribution in [0.1, 0.15) is 67.1 Å². The molecule has 0 radical (unpaired) electrons. The van der Waals surface area contributed by atoms with Gasteiger partial charge in [0.05, 0.1) is 12.8 Å². The van der Waals surface area contributed by atoms with E-state index in [1.54, 1.807) is 17.0 Å². The Labute approximate surface area is 231 Å². The zero-order chi connectivity index (χ0) is 28.1. The van der Waals surface area contributed by atoms with E-state index in [-0.39, 0.29) is 29.5 Å². The molecule has 1 aromatic heterocycles. The Balaban J connectivity index is 1.09. The summed E-state index contributed by atoms with van der Waals surface area (Å²) in [5.74, 6) is -0.880. The first-order valence-corrected chi connectivity index (χ1v) is 13.5. The second-order valence-corrected chi connectivity index (χ2v) is 10.3. The Morgan fingerprint density at radius 2 is 1.77 bits per heavy atom. The number of rotatable bonds is 8. The topological polar surface area (TPSA) is 127 Å². The van der Waals surface area contributed by atoms with Crippen molar-refractivity contribution in [2.75, 3.05) is 24.3 Å². The number of carbonyl (C=O) groups is 3. The minimum Gasteiger partial charge on any atom is -0.467 e. The van der Waals surface area contributed by atoms with Gasteiger partial charge in [0.25, 0.3) is 0 Å². The first-order chi connectivity index (χ1) is 19.4. The maximum atomic E-state index is 13.8. The van der Waals surface area contributed by atoms with Gasteiger partial charge in [0.2, 0.25) is 5.91 Å². The lowest BCUT2D eigenvalue weighted by Gasteiger charge is -2.30. The Morgan fingerprint density at radius 3 is 2.50 bits per heavy atom. The van der Waals surface area contributed by atoms with Gasteiger partial charge in [-0.2, -0.15) is 0 Å². The highest BCUT2D eigenvalue weighted by molar-refractivity contribution is 6.00. The molecule has 2 fully saturated rings. The predicted molar refractivity (Wildman–Crippen MR) is 144 cm³/mol. The van der Waals surface area contributed by atoms with Gasteiger partial charge in [-0.3, -0.25) is 9.59 Å². The number of nitrogens with zero attached hydrogens (tertiary/aromatic N) is 3. The molecule has 1 atom stereocenters. The summed E-state index contributed by atoms with van der Waals surface area (Å²) in [5.41, 5.74) is 1.93. The van der Waals surface area contributed by atoms with E-state index in [1.165, 1.54) is 24.8 Å². The molecule has 0 unspecified atom stereocenters. The van der Waals surface area contributed by atoms with Gasteiger partial charge in [-0.05, 0) is 80.2 Å². The van der Waals surface area contributed by atoms with Gasteiger partial charge in [0.1, 0.15) is 11.9 Å². The number of halogens is 1. The molecule has 0 bridgehead atoms. The molecule has 1 saturated heterocycles. The molecule has 40 heavy (non-hydrogen) atoms. The molecular weight excluding hydrogens is 517 g/mol. The molecule has 2 N–H and O–H groups in total. The molecule has 1 aliphatic carbocycles. The van der Waals surface area contributed by atoms with Crippen molar-refractivity contribution in [1.29, 1.82) is 0 Å². The van der Waals surface area contributed by atoms with Gasteiger partial charge in [-0.15, -0.1) is 5.10 Å². The van der Waals surface area contributed by atoms with Crippen molar-refractivity contribution in [3.63, 3.8) is 0 Å². The second-order valence-electron chi connectivity index (χ2n) is 10.3. The van der Waals surface area contributed by atoms with E-state index in [9.17, 15) is 18.8 Å². The van der Waals surface area contributed by atoms with Crippen molar-refractivity contribution >= 4 is 35.2 Å². The van der Waals surface area contributed by atoms with Gasteiger partial charge in [-0.25, -0.2) is 9.18 Å². The van der Waals surface area contributed by atoms with Crippen molar-refractivity contribution in [1.82, 2.24) is 15.1 Å². The predicted octanol–water partition coefficient (Wildman–Crippen LogP) is 5.03. The maximum Gasteiger partial charge on any atom is 0.328 e. The van der Waals surface area contributed by atoms with E-state index in [2.05, 4.69) is 20.8 Å². The molecule has 1 saturated carbocycles. The molecule has 2 aromatic carbocycles. The number of amides is 2. The number of nitrogens with one attached hydrogen (secondary N) is 2. The maximum absolute atomic E-state index is 13.8. The summed E-state index contributed by atoms with van der Waals surface area (Å²) in [5, 5.41) is 12.9. The number of anilines is 3. The monoisotopic (exact) mass is 549 g/mol. The van der Waals surface area contributed by atoms with Gasteiger partial charge >= 0.3 is 23.8 Å². The fraction of sp³-hybridized carbons (Fsp3) is 0.414. The third-order valence-corrected chi connectivity index (χ3v) is 7.73. The number of hydrogen-bond donors (Lipinski definition) is 2. The number of carbonyl (C=O) groups excluding carboxylic acids is 3. The number of likely N-dealkylation sites (tertiary alicyclic amines) is 1. The fourth-order valence-electron chi connectivity index (χ4n) is 5.58. The number of benzene rings is 2. The summed E-state index contributed by atoms with van der Waals surface area (Å²) >= 11 is 0. The Hall–Kier alpha value is -4.28. The lowest BCUT2D eigenvalue weighted by atomic mass is 9.77. The average molecular weight is 550 g/mol. The van der Waals surface area contributed by atoms with E-state index in [4.69, 9.17) is 9.15 Å². The van der Waals surface area contributed by atoms with Crippen LogP contribution in [0.5, 0.6) is 0 Å². The van der Waals surface area contributed by atoms with Crippen molar-refractivity contribution < 1.29 is 27.9 Å². The summed E-state index contributed by atoms with van der Waals surface area (Å²) in [6.07, 6.45) is 5.83. The Bertz CT molecular complexity index is 1350. The highest BCUT2D eigenvalue weighted by Crippen LogP contribution is 2.38. The molecule has 1 aliphatic heterocycles. The van der Waals surface area contributed by atoms with Crippen LogP contribution in [0.3, 0.4) is 0 Å². The molecule has 210 valence electrons. The number of ether oxygens (including phenoxy) is 1. The van der Waals surface area contributed by atoms with Crippen molar-refractivity contribution in [2.24, 2.45) is 5.92 Å². The SMILES string of the molecule is COC(=O)[C@@H]1CCCN1C(=O)C[C@H]1CC[C@H](c2ccc(NC(=O)c3nnc(Nc4ccccc4F)o3)cc2)CC1. The average Bonchev–Trinajstić information content (AvgIpc) is 3.65. The van der Waals surface area contributed by atoms with Crippen LogP contribution in [0.25, 0.3) is 0 Å². The quantitative estimate of drug-likeness (QED) is 0.375. The number of aromatic nitrogens is 2. The van der Waals surface area contributed by atoms with Crippen LogP contribution in [0.4, 0.5) is 21.8 Å². The Kier molecular flexibility index (Phi) is 8.37. The van der Waals surface area contributed by atoms with Crippen molar-refractivity contribution in [3.8, 4) is 0 Å². The summed E-state index contributed by atoms with van der Waals surface area (Å²) in [6, 6.07) is 13.2. The lowest BCUT2D eigenvalue weighted by molar-refractivity contribution is -0.151. The van der Waals surface area contributed by atoms with Crippen LogP contribution < -0.4 is 10.6 Å². The van der Waals surface area contributed by atoms with Gasteiger partial charge in [0, 0.05) is 18.7 Å². The van der Waals surface area contributed by atoms with E-state index in [0.29, 0.717) is 36.9 Å². The number of para-hydroxylation sites is 1. The largest absolute Gasteiger partial charge is 0.467 e. The molecule has 0 spiro atoms. The smallest absolute Gasteiger partial charge is 0.328 e. The van der Waals surface area contributed by atoms with Crippen molar-refractivity contribution in [3.05, 3.63) is 65.8 Å². The Morgan fingerprint density at radius 1 is 1.02 bits per heavy atom. The third kappa shape index (κ3) is 6.30. The summed E-state index contributed by atoms with van der Waals surface area (Å²) < 4.78 is 24.0. The van der Waals surface area contributed by atoms with E-state index < -0.39 is 17.8 Å². The van der Waals surface area contributed by atoms with E-state index >= 15 is 0 Å². The molecule has 2 aliphatic rings. The van der Waals surface area contributed by atoms with Crippen LogP contribution >= 0.6 is 0 Å². The zero-order valence-corrected chi connectivity index (χ0v) is 22.3. The zero-order valence-electron chi connectivity index (χ0n) is 22.3. The van der Waals surface area contributed by atoms with Crippen LogP contribution in [0, 0.1) is 11.7 Å². The highest BCUT2D eigenvalue weighted by Gasteiger charge is 2.36. The standard InChI is InChI=1S/C29H32FN5O5/c1-39-28(38)24-7-4-16-35(24)25(36)17-18-8-10-19(11-9-18)20-12-14-21(15-13-20)31-26(37)27-33-34-29(40-27)32-23-6-3-2-5-22(23)30/h2-3,5-6,12-15,18-19,24H,4,7-11,16-17H2,1H3,(H,31,37)(H,32,34)/t18-,19-,24-/m0/s1. The number of methoxy groups -OCH3 is 1. The minimum atomic E-state index is -0.570. The molecule has 2 heterocycles. The van der Waals surface area contributed by atoms with Crippen molar-refractivity contribution in [2.45, 2.75) is 56.9 Å². The second kappa shape index (κ2) is 12.3. The molecular formula is C29H32FN5O5. The van der Waals surface area contributed by atoms with E-state index in [1.807, 2.05) is 24.3 Å². The van der Waals surface area contributed by atoms with Crippen LogP contribution in [0.15, 0.2) is 52.9 Å². The molecule has 11 heteroatoms. The molecule has 2 amide bonds. The molecule has 3 aromatic rings. The molecule has 5 rings (SSSR count). The highest BCUT2D eigenvalue weighted by atomic mass is 19.1. The van der Waals surface area contributed by atoms with Gasteiger partial charge in [-0.1, -0.05) is 29.4 Å². The normalized spacial score (nSPS) is 20.6. The van der Waals surface area contributed by atoms with E-state index in [0.717, 1.165) is 32.1 Å². The van der Waals surface area contributed by atoms with Gasteiger partial charge < -0.3 is 24.7 Å². The third-order valence-electron chi connectivity index (χ3n) is 7.73. The summed E-state index contributed by atoms with van der Waals surface area (Å²) in [7, 11) is 1.36. The fourth-order valence-corrected chi connectivity index (χ4v) is 5.58. The summed E-state index contributed by atoms with van der Waals surface area (Å²) in [4.78, 5) is 39.1. The van der Waals surface area contributed by atoms with Gasteiger partial charge in [0.15, 0.2) is 0 Å². The number of hydrogen-bond acceptors (Lipinski definition) is 8. The first kappa shape index (κ1) is 27.3. The molecule has 10 nitrogen and oxygen atoms in total. The number of esters is 1. The summed E-state index contributed by atoms with van der Waals surface area (Å²) in [6.45, 7) is 0.620. The lowest BCUT2D eigenvalue weighted by Crippen LogP contribution is -2.41. The van der Waals surface area contributed by atoms with Crippen LogP contribution in [-0.4, -0.2) is 52.6 Å². The minimum absolute atomic E-state index is 0.0489. The first-order valence-electron chi connectivity index (χ1n) is 13.5. The van der Waals surface area contributed by atoms with Crippen LogP contribution in [-0.2, 0) is 14.3 Å².